The van der Waals surface area contributed by atoms with Crippen molar-refractivity contribution in [2.45, 2.75) is 64.2 Å². The minimum atomic E-state index is -1.11. The first-order chi connectivity index (χ1) is 12.0. The number of ether oxygens (including phenoxy) is 2. The van der Waals surface area contributed by atoms with E-state index in [0.29, 0.717) is 6.42 Å². The Hall–Kier alpha value is -1.89. The number of carbonyl (C=O) groups is 3. The van der Waals surface area contributed by atoms with Crippen LogP contribution in [0.4, 0.5) is 0 Å². The number of hydrogen-bond acceptors (Lipinski definition) is 6. The monoisotopic (exact) mass is 367 g/mol. The second kappa shape index (κ2) is 7.39. The molecule has 0 radical (unpaired) electrons. The number of aliphatic hydroxyl groups is 1. The number of nitrogens with one attached hydrogen (secondary N) is 1. The number of carbonyl (C=O) groups excluding carboxylic acids is 3. The maximum Gasteiger partial charge on any atom is 0.332 e. The third-order valence-corrected chi connectivity index (χ3v) is 4.87. The predicted molar refractivity (Wildman–Crippen MR) is 93.9 cm³/mol. The molecule has 0 aromatic rings. The maximum absolute atomic E-state index is 12.8. The summed E-state index contributed by atoms with van der Waals surface area (Å²) in [7, 11) is 0. The molecule has 2 aliphatic rings. The third kappa shape index (κ3) is 4.26. The van der Waals surface area contributed by atoms with E-state index >= 15 is 0 Å². The molecule has 0 bridgehead atoms. The van der Waals surface area contributed by atoms with Crippen LogP contribution in [0.15, 0.2) is 12.7 Å². The second-order valence-corrected chi connectivity index (χ2v) is 8.10. The van der Waals surface area contributed by atoms with Crippen molar-refractivity contribution in [3.05, 3.63) is 12.7 Å². The number of aliphatic hydroxyl groups excluding tert-OH is 1. The number of esters is 2. The molecule has 0 heterocycles. The van der Waals surface area contributed by atoms with Gasteiger partial charge in [-0.15, -0.1) is 6.58 Å². The van der Waals surface area contributed by atoms with E-state index < -0.39 is 46.9 Å². The highest BCUT2D eigenvalue weighted by molar-refractivity contribution is 5.94. The molecular weight excluding hydrogens is 338 g/mol. The molecule has 26 heavy (non-hydrogen) atoms. The molecule has 0 saturated heterocycles. The lowest BCUT2D eigenvalue weighted by Crippen LogP contribution is -2.49. The Morgan fingerprint density at radius 1 is 1.27 bits per heavy atom. The van der Waals surface area contributed by atoms with Gasteiger partial charge in [0.05, 0.1) is 24.5 Å². The van der Waals surface area contributed by atoms with Crippen molar-refractivity contribution in [3.63, 3.8) is 0 Å². The molecule has 2 N–H and O–H groups in total. The maximum atomic E-state index is 12.8. The quantitative estimate of drug-likeness (QED) is 0.543. The first-order valence-electron chi connectivity index (χ1n) is 9.06. The predicted octanol–water partition coefficient (Wildman–Crippen LogP) is 1.34. The van der Waals surface area contributed by atoms with Crippen molar-refractivity contribution in [1.82, 2.24) is 5.32 Å². The van der Waals surface area contributed by atoms with Gasteiger partial charge in [0.25, 0.3) is 0 Å². The molecule has 1 amide bonds. The summed E-state index contributed by atoms with van der Waals surface area (Å²) in [6, 6.07) is 0. The molecule has 7 nitrogen and oxygen atoms in total. The lowest BCUT2D eigenvalue weighted by molar-refractivity contribution is -0.163. The smallest absolute Gasteiger partial charge is 0.332 e. The van der Waals surface area contributed by atoms with Gasteiger partial charge < -0.3 is 19.9 Å². The molecule has 2 unspecified atom stereocenters. The van der Waals surface area contributed by atoms with E-state index in [4.69, 9.17) is 9.47 Å². The summed E-state index contributed by atoms with van der Waals surface area (Å²) in [5, 5.41) is 12.7. The van der Waals surface area contributed by atoms with Crippen molar-refractivity contribution in [3.8, 4) is 0 Å². The highest BCUT2D eigenvalue weighted by Crippen LogP contribution is 2.46. The van der Waals surface area contributed by atoms with Gasteiger partial charge in [-0.25, -0.2) is 4.79 Å². The summed E-state index contributed by atoms with van der Waals surface area (Å²) >= 11 is 0. The molecule has 0 aromatic heterocycles. The molecule has 2 fully saturated rings. The highest BCUT2D eigenvalue weighted by atomic mass is 16.6. The molecule has 7 heteroatoms. The SMILES string of the molecule is C=C[C@H]1C[C@]1(NC(=O)C1C[C@H](O)CC1C(=O)OC(C)(C)C)C(=O)OCC. The Kier molecular flexibility index (Phi) is 5.80. The average Bonchev–Trinajstić information content (AvgIpc) is 3.09. The Labute approximate surface area is 154 Å². The fraction of sp³-hybridized carbons (Fsp3) is 0.737. The van der Waals surface area contributed by atoms with E-state index in [0.717, 1.165) is 0 Å². The van der Waals surface area contributed by atoms with Crippen LogP contribution in [-0.4, -0.2) is 46.8 Å². The zero-order valence-electron chi connectivity index (χ0n) is 15.9. The molecule has 5 atom stereocenters. The largest absolute Gasteiger partial charge is 0.464 e. The number of rotatable bonds is 6. The van der Waals surface area contributed by atoms with E-state index in [-0.39, 0.29) is 25.4 Å². The van der Waals surface area contributed by atoms with Gasteiger partial charge >= 0.3 is 11.9 Å². The van der Waals surface area contributed by atoms with Crippen LogP contribution in [0.1, 0.15) is 47.0 Å². The van der Waals surface area contributed by atoms with Crippen LogP contribution in [-0.2, 0) is 23.9 Å². The standard InChI is InChI=1S/C19H29NO6/c1-6-11-10-19(11,17(24)25-7-2)20-15(22)13-8-12(21)9-14(13)16(23)26-18(3,4)5/h6,11-14,21H,1,7-10H2,2-5H3,(H,20,22)/t11-,12-,13?,14?,19+/m0/s1. The lowest BCUT2D eigenvalue weighted by Gasteiger charge is -2.26. The van der Waals surface area contributed by atoms with E-state index in [1.54, 1.807) is 33.8 Å². The van der Waals surface area contributed by atoms with Gasteiger partial charge in [-0.3, -0.25) is 9.59 Å². The normalized spacial score (nSPS) is 33.3. The minimum absolute atomic E-state index is 0.160. The van der Waals surface area contributed by atoms with Gasteiger partial charge in [-0.1, -0.05) is 6.08 Å². The lowest BCUT2D eigenvalue weighted by atomic mass is 9.94. The highest BCUT2D eigenvalue weighted by Gasteiger charge is 2.62. The summed E-state index contributed by atoms with van der Waals surface area (Å²) in [5.41, 5.74) is -1.79. The van der Waals surface area contributed by atoms with Gasteiger partial charge in [0.15, 0.2) is 0 Å². The van der Waals surface area contributed by atoms with Crippen molar-refractivity contribution in [2.24, 2.45) is 17.8 Å². The molecule has 0 aliphatic heterocycles. The Morgan fingerprint density at radius 2 is 1.88 bits per heavy atom. The summed E-state index contributed by atoms with van der Waals surface area (Å²) in [4.78, 5) is 37.6. The molecular formula is C19H29NO6. The van der Waals surface area contributed by atoms with Crippen LogP contribution in [0.3, 0.4) is 0 Å². The van der Waals surface area contributed by atoms with E-state index in [1.165, 1.54) is 0 Å². The second-order valence-electron chi connectivity index (χ2n) is 8.10. The summed E-state index contributed by atoms with van der Waals surface area (Å²) in [5.74, 6) is -3.10. The van der Waals surface area contributed by atoms with Gasteiger partial charge in [0, 0.05) is 5.92 Å². The van der Waals surface area contributed by atoms with Gasteiger partial charge in [0.1, 0.15) is 11.1 Å². The van der Waals surface area contributed by atoms with Crippen LogP contribution in [0.25, 0.3) is 0 Å². The molecule has 0 spiro atoms. The summed E-state index contributed by atoms with van der Waals surface area (Å²) < 4.78 is 10.5. The fourth-order valence-electron chi connectivity index (χ4n) is 3.51. The molecule has 2 saturated carbocycles. The first kappa shape index (κ1) is 20.4. The van der Waals surface area contributed by atoms with Crippen molar-refractivity contribution >= 4 is 17.8 Å². The van der Waals surface area contributed by atoms with Gasteiger partial charge in [-0.2, -0.15) is 0 Å². The average molecular weight is 367 g/mol. The van der Waals surface area contributed by atoms with Crippen LogP contribution >= 0.6 is 0 Å². The van der Waals surface area contributed by atoms with Crippen LogP contribution < -0.4 is 5.32 Å². The van der Waals surface area contributed by atoms with Crippen molar-refractivity contribution < 1.29 is 29.0 Å². The zero-order chi connectivity index (χ0) is 19.7. The zero-order valence-corrected chi connectivity index (χ0v) is 15.9. The molecule has 0 aromatic carbocycles. The van der Waals surface area contributed by atoms with Crippen molar-refractivity contribution in [1.29, 1.82) is 0 Å². The van der Waals surface area contributed by atoms with Gasteiger partial charge in [0.2, 0.25) is 5.91 Å². The van der Waals surface area contributed by atoms with Crippen LogP contribution in [0.2, 0.25) is 0 Å². The fourth-order valence-corrected chi connectivity index (χ4v) is 3.51. The first-order valence-corrected chi connectivity index (χ1v) is 9.06. The molecule has 2 aliphatic carbocycles. The molecule has 2 rings (SSSR count). The van der Waals surface area contributed by atoms with Crippen molar-refractivity contribution in [2.75, 3.05) is 6.61 Å². The number of amides is 1. The Balaban J connectivity index is 2.12. The van der Waals surface area contributed by atoms with E-state index in [9.17, 15) is 19.5 Å². The topological polar surface area (TPSA) is 102 Å². The number of hydrogen-bond donors (Lipinski definition) is 2. The molecule has 146 valence electrons. The Morgan fingerprint density at radius 3 is 2.38 bits per heavy atom. The summed E-state index contributed by atoms with van der Waals surface area (Å²) in [6.45, 7) is 10.8. The minimum Gasteiger partial charge on any atom is -0.464 e. The van der Waals surface area contributed by atoms with E-state index in [1.807, 2.05) is 0 Å². The van der Waals surface area contributed by atoms with Gasteiger partial charge in [-0.05, 0) is 47.0 Å². The van der Waals surface area contributed by atoms with Crippen LogP contribution in [0.5, 0.6) is 0 Å². The summed E-state index contributed by atoms with van der Waals surface area (Å²) in [6.07, 6.45) is 1.62. The Bertz CT molecular complexity index is 595. The third-order valence-electron chi connectivity index (χ3n) is 4.87. The van der Waals surface area contributed by atoms with Crippen LogP contribution in [0, 0.1) is 17.8 Å². The van der Waals surface area contributed by atoms with E-state index in [2.05, 4.69) is 11.9 Å².